The van der Waals surface area contributed by atoms with Crippen LogP contribution in [0.3, 0.4) is 0 Å². The zero-order valence-electron chi connectivity index (χ0n) is 18.6. The summed E-state index contributed by atoms with van der Waals surface area (Å²) in [5.74, 6) is 0.493. The Labute approximate surface area is 191 Å². The van der Waals surface area contributed by atoms with Crippen LogP contribution in [-0.2, 0) is 11.3 Å². The van der Waals surface area contributed by atoms with Gasteiger partial charge in [0.25, 0.3) is 5.91 Å². The molecule has 33 heavy (non-hydrogen) atoms. The first-order valence-corrected chi connectivity index (χ1v) is 10.4. The smallest absolute Gasteiger partial charge is 0.356 e. The number of hydrogen-bond acceptors (Lipinski definition) is 6. The van der Waals surface area contributed by atoms with Crippen molar-refractivity contribution in [2.75, 3.05) is 7.11 Å². The Morgan fingerprint density at radius 1 is 0.939 bits per heavy atom. The van der Waals surface area contributed by atoms with Gasteiger partial charge in [-0.1, -0.05) is 12.1 Å². The van der Waals surface area contributed by atoms with E-state index in [1.165, 1.54) is 13.3 Å². The molecule has 0 fully saturated rings. The van der Waals surface area contributed by atoms with Gasteiger partial charge in [0.15, 0.2) is 0 Å². The summed E-state index contributed by atoms with van der Waals surface area (Å²) in [5.41, 5.74) is 4.12. The third-order valence-electron chi connectivity index (χ3n) is 5.28. The lowest BCUT2D eigenvalue weighted by molar-refractivity contribution is 0.0594. The molecule has 1 N–H and O–H groups in total. The van der Waals surface area contributed by atoms with Crippen LogP contribution in [0.15, 0.2) is 67.0 Å². The lowest BCUT2D eigenvalue weighted by Crippen LogP contribution is -2.24. The minimum absolute atomic E-state index is 0.190. The number of methoxy groups -OCH3 is 1. The summed E-state index contributed by atoms with van der Waals surface area (Å²) in [4.78, 5) is 32.9. The maximum absolute atomic E-state index is 12.9. The largest absolute Gasteiger partial charge is 0.464 e. The van der Waals surface area contributed by atoms with Crippen LogP contribution in [0.1, 0.15) is 37.5 Å². The van der Waals surface area contributed by atoms with E-state index in [2.05, 4.69) is 20.0 Å². The maximum atomic E-state index is 12.9. The molecule has 1 amide bonds. The number of rotatable bonds is 6. The molecule has 0 aliphatic carbocycles. The Morgan fingerprint density at radius 3 is 2.58 bits per heavy atom. The van der Waals surface area contributed by atoms with Gasteiger partial charge in [-0.25, -0.2) is 9.78 Å². The first kappa shape index (κ1) is 22.0. The fraction of sp³-hybridized carbons (Fsp3) is 0.154. The van der Waals surface area contributed by atoms with Crippen molar-refractivity contribution in [1.82, 2.24) is 15.3 Å². The van der Waals surface area contributed by atoms with Crippen LogP contribution in [0, 0.1) is 13.8 Å². The average Bonchev–Trinajstić information content (AvgIpc) is 2.83. The minimum atomic E-state index is -0.525. The Hall–Kier alpha value is -4.26. The summed E-state index contributed by atoms with van der Waals surface area (Å²) < 4.78 is 10.9. The predicted octanol–water partition coefficient (Wildman–Crippen LogP) is 4.76. The molecule has 4 aromatic rings. The standard InChI is InChI=1S/C26H23N3O4/c1-16-7-8-20-21(13-16)27-12-10-24(20)33-23-6-4-5-19(17(23)2)25(30)29-15-18-9-11-28-22(14-18)26(31)32-3/h4-14H,15H2,1-3H3,(H,29,30). The van der Waals surface area contributed by atoms with Crippen LogP contribution in [0.25, 0.3) is 10.9 Å². The molecule has 2 aromatic carbocycles. The van der Waals surface area contributed by atoms with E-state index >= 15 is 0 Å². The molecule has 0 bridgehead atoms. The number of carbonyl (C=O) groups is 2. The monoisotopic (exact) mass is 441 g/mol. The number of nitrogens with one attached hydrogen (secondary N) is 1. The van der Waals surface area contributed by atoms with Crippen LogP contribution in [-0.4, -0.2) is 29.0 Å². The van der Waals surface area contributed by atoms with Gasteiger partial charge in [0, 0.05) is 35.5 Å². The molecule has 0 aliphatic heterocycles. The Bertz CT molecular complexity index is 1350. The highest BCUT2D eigenvalue weighted by molar-refractivity contribution is 5.96. The number of pyridine rings is 2. The van der Waals surface area contributed by atoms with Gasteiger partial charge in [0.1, 0.15) is 17.2 Å². The van der Waals surface area contributed by atoms with Crippen molar-refractivity contribution < 1.29 is 19.1 Å². The summed E-state index contributed by atoms with van der Waals surface area (Å²) in [5, 5.41) is 3.78. The summed E-state index contributed by atoms with van der Waals surface area (Å²) in [6.45, 7) is 4.10. The van der Waals surface area contributed by atoms with Crippen molar-refractivity contribution in [2.24, 2.45) is 0 Å². The number of hydrogen-bond donors (Lipinski definition) is 1. The molecule has 0 spiro atoms. The number of aromatic nitrogens is 2. The van der Waals surface area contributed by atoms with Crippen molar-refractivity contribution in [3.05, 3.63) is 94.9 Å². The van der Waals surface area contributed by atoms with Crippen LogP contribution in [0.5, 0.6) is 11.5 Å². The van der Waals surface area contributed by atoms with E-state index in [-0.39, 0.29) is 18.1 Å². The lowest BCUT2D eigenvalue weighted by atomic mass is 10.1. The zero-order chi connectivity index (χ0) is 23.4. The normalized spacial score (nSPS) is 10.6. The molecule has 7 nitrogen and oxygen atoms in total. The quantitative estimate of drug-likeness (QED) is 0.434. The average molecular weight is 441 g/mol. The summed E-state index contributed by atoms with van der Waals surface area (Å²) in [7, 11) is 1.30. The molecule has 2 heterocycles. The van der Waals surface area contributed by atoms with Crippen molar-refractivity contribution in [1.29, 1.82) is 0 Å². The fourth-order valence-electron chi connectivity index (χ4n) is 3.49. The minimum Gasteiger partial charge on any atom is -0.464 e. The molecular formula is C26H23N3O4. The second kappa shape index (κ2) is 9.48. The van der Waals surface area contributed by atoms with E-state index in [1.54, 1.807) is 30.5 Å². The van der Waals surface area contributed by atoms with Gasteiger partial charge in [-0.3, -0.25) is 9.78 Å². The van der Waals surface area contributed by atoms with Gasteiger partial charge in [-0.05, 0) is 67.4 Å². The van der Waals surface area contributed by atoms with Crippen molar-refractivity contribution in [3.63, 3.8) is 0 Å². The molecule has 0 radical (unpaired) electrons. The van der Waals surface area contributed by atoms with Gasteiger partial charge in [0.2, 0.25) is 0 Å². The molecule has 4 rings (SSSR count). The first-order chi connectivity index (χ1) is 16.0. The van der Waals surface area contributed by atoms with E-state index in [0.717, 1.165) is 27.6 Å². The lowest BCUT2D eigenvalue weighted by Gasteiger charge is -2.14. The van der Waals surface area contributed by atoms with E-state index in [4.69, 9.17) is 4.74 Å². The zero-order valence-corrected chi connectivity index (χ0v) is 18.6. The Morgan fingerprint density at radius 2 is 1.76 bits per heavy atom. The molecular weight excluding hydrogens is 418 g/mol. The molecule has 0 saturated carbocycles. The summed E-state index contributed by atoms with van der Waals surface area (Å²) >= 11 is 0. The number of fused-ring (bicyclic) bond motifs is 1. The summed E-state index contributed by atoms with van der Waals surface area (Å²) in [6.07, 6.45) is 3.22. The SMILES string of the molecule is COC(=O)c1cc(CNC(=O)c2cccc(Oc3ccnc4cc(C)ccc34)c2C)ccn1. The molecule has 7 heteroatoms. The van der Waals surface area contributed by atoms with Crippen LogP contribution >= 0.6 is 0 Å². The number of carbonyl (C=O) groups excluding carboxylic acids is 2. The van der Waals surface area contributed by atoms with E-state index < -0.39 is 5.97 Å². The number of ether oxygens (including phenoxy) is 2. The van der Waals surface area contributed by atoms with Crippen molar-refractivity contribution in [2.45, 2.75) is 20.4 Å². The van der Waals surface area contributed by atoms with Crippen LogP contribution in [0.4, 0.5) is 0 Å². The van der Waals surface area contributed by atoms with E-state index in [9.17, 15) is 9.59 Å². The molecule has 0 unspecified atom stereocenters. The second-order valence-corrected chi connectivity index (χ2v) is 7.58. The third kappa shape index (κ3) is 4.82. The van der Waals surface area contributed by atoms with Gasteiger partial charge in [0.05, 0.1) is 12.6 Å². The highest BCUT2D eigenvalue weighted by Gasteiger charge is 2.15. The van der Waals surface area contributed by atoms with E-state index in [1.807, 2.05) is 44.2 Å². The maximum Gasteiger partial charge on any atom is 0.356 e. The van der Waals surface area contributed by atoms with Crippen molar-refractivity contribution in [3.8, 4) is 11.5 Å². The van der Waals surface area contributed by atoms with E-state index in [0.29, 0.717) is 17.1 Å². The van der Waals surface area contributed by atoms with Crippen molar-refractivity contribution >= 4 is 22.8 Å². The molecule has 2 aromatic heterocycles. The predicted molar refractivity (Wildman–Crippen MR) is 124 cm³/mol. The number of amides is 1. The Balaban J connectivity index is 1.53. The Kier molecular flexibility index (Phi) is 6.31. The van der Waals surface area contributed by atoms with Gasteiger partial charge < -0.3 is 14.8 Å². The number of nitrogens with zero attached hydrogens (tertiary/aromatic N) is 2. The third-order valence-corrected chi connectivity index (χ3v) is 5.28. The molecule has 166 valence electrons. The number of aryl methyl sites for hydroxylation is 1. The first-order valence-electron chi connectivity index (χ1n) is 10.4. The fourth-order valence-corrected chi connectivity index (χ4v) is 3.49. The molecule has 0 saturated heterocycles. The van der Waals surface area contributed by atoms with Gasteiger partial charge in [-0.2, -0.15) is 0 Å². The second-order valence-electron chi connectivity index (χ2n) is 7.58. The van der Waals surface area contributed by atoms with Gasteiger partial charge >= 0.3 is 5.97 Å². The highest BCUT2D eigenvalue weighted by Crippen LogP contribution is 2.32. The topological polar surface area (TPSA) is 90.4 Å². The molecule has 0 aliphatic rings. The highest BCUT2D eigenvalue weighted by atomic mass is 16.5. The van der Waals surface area contributed by atoms with Crippen LogP contribution in [0.2, 0.25) is 0 Å². The summed E-state index contributed by atoms with van der Waals surface area (Å²) in [6, 6.07) is 16.5. The number of benzene rings is 2. The number of esters is 1. The van der Waals surface area contributed by atoms with Gasteiger partial charge in [-0.15, -0.1) is 0 Å². The van der Waals surface area contributed by atoms with Crippen LogP contribution < -0.4 is 10.1 Å². The molecule has 0 atom stereocenters.